The molecule has 1 aliphatic rings. The van der Waals surface area contributed by atoms with E-state index in [1.165, 1.54) is 24.2 Å². The Morgan fingerprint density at radius 2 is 1.81 bits per heavy atom. The van der Waals surface area contributed by atoms with Gasteiger partial charge in [0.25, 0.3) is 5.91 Å². The molecule has 110 valence electrons. The second kappa shape index (κ2) is 6.30. The van der Waals surface area contributed by atoms with E-state index in [2.05, 4.69) is 15.0 Å². The van der Waals surface area contributed by atoms with Crippen LogP contribution >= 0.6 is 11.3 Å². The maximum atomic E-state index is 12.7. The quantitative estimate of drug-likeness (QED) is 0.856. The molecule has 0 spiro atoms. The number of carbonyl (C=O) groups excluding carboxylic acids is 1. The minimum absolute atomic E-state index is 0.106. The van der Waals surface area contributed by atoms with Crippen molar-refractivity contribution in [1.82, 2.24) is 19.9 Å². The molecule has 0 atom stereocenters. The zero-order valence-corrected chi connectivity index (χ0v) is 12.9. The highest BCUT2D eigenvalue weighted by molar-refractivity contribution is 7.17. The number of aromatic nitrogens is 3. The first-order valence-corrected chi connectivity index (χ1v) is 8.11. The minimum Gasteiger partial charge on any atom is -0.338 e. The fraction of sp³-hybridized carbons (Fsp3) is 0.467. The molecule has 0 saturated carbocycles. The second-order valence-electron chi connectivity index (χ2n) is 5.21. The molecule has 1 aliphatic heterocycles. The Balaban J connectivity index is 1.85. The minimum atomic E-state index is 0.106. The number of thiazole rings is 1. The van der Waals surface area contributed by atoms with Crippen LogP contribution in [-0.4, -0.2) is 38.8 Å². The first-order valence-electron chi connectivity index (χ1n) is 7.30. The average molecular weight is 302 g/mol. The van der Waals surface area contributed by atoms with Crippen molar-refractivity contribution >= 4 is 17.2 Å². The van der Waals surface area contributed by atoms with Crippen LogP contribution in [-0.2, 0) is 0 Å². The number of carbonyl (C=O) groups is 1. The highest BCUT2D eigenvalue weighted by Crippen LogP contribution is 2.27. The van der Waals surface area contributed by atoms with Crippen LogP contribution in [0.15, 0.2) is 18.5 Å². The van der Waals surface area contributed by atoms with E-state index in [0.717, 1.165) is 36.5 Å². The second-order valence-corrected chi connectivity index (χ2v) is 6.21. The van der Waals surface area contributed by atoms with E-state index in [-0.39, 0.29) is 5.91 Å². The Hall–Kier alpha value is -1.82. The smallest absolute Gasteiger partial charge is 0.265 e. The standard InChI is InChI=1S/C15H18N4OS/c1-11-12(15(20)19-9-4-2-3-5-10-19)21-14(18-11)13-16-7-6-8-17-13/h6-8H,2-5,9-10H2,1H3. The van der Waals surface area contributed by atoms with Crippen LogP contribution in [0.1, 0.15) is 41.0 Å². The van der Waals surface area contributed by atoms with E-state index < -0.39 is 0 Å². The highest BCUT2D eigenvalue weighted by Gasteiger charge is 2.23. The Morgan fingerprint density at radius 1 is 1.14 bits per heavy atom. The van der Waals surface area contributed by atoms with Gasteiger partial charge in [0, 0.05) is 25.5 Å². The van der Waals surface area contributed by atoms with Crippen molar-refractivity contribution < 1.29 is 4.79 Å². The fourth-order valence-corrected chi connectivity index (χ4v) is 3.50. The molecule has 1 saturated heterocycles. The molecule has 1 amide bonds. The van der Waals surface area contributed by atoms with Crippen molar-refractivity contribution in [2.75, 3.05) is 13.1 Å². The first-order chi connectivity index (χ1) is 10.3. The summed E-state index contributed by atoms with van der Waals surface area (Å²) in [5.41, 5.74) is 0.775. The molecule has 0 unspecified atom stereocenters. The van der Waals surface area contributed by atoms with E-state index >= 15 is 0 Å². The molecule has 2 aromatic rings. The van der Waals surface area contributed by atoms with Gasteiger partial charge in [0.15, 0.2) is 10.8 Å². The topological polar surface area (TPSA) is 59.0 Å². The van der Waals surface area contributed by atoms with Crippen LogP contribution in [0.5, 0.6) is 0 Å². The van der Waals surface area contributed by atoms with Crippen molar-refractivity contribution in [2.45, 2.75) is 32.6 Å². The normalized spacial score (nSPS) is 15.8. The lowest BCUT2D eigenvalue weighted by Crippen LogP contribution is -2.31. The van der Waals surface area contributed by atoms with Gasteiger partial charge < -0.3 is 4.90 Å². The average Bonchev–Trinajstić information content (AvgIpc) is 2.74. The molecule has 2 aromatic heterocycles. The zero-order valence-electron chi connectivity index (χ0n) is 12.1. The van der Waals surface area contributed by atoms with Gasteiger partial charge in [-0.15, -0.1) is 11.3 Å². The third-order valence-corrected chi connectivity index (χ3v) is 4.78. The zero-order chi connectivity index (χ0) is 14.7. The number of likely N-dealkylation sites (tertiary alicyclic amines) is 1. The van der Waals surface area contributed by atoms with Crippen molar-refractivity contribution in [3.05, 3.63) is 29.0 Å². The lowest BCUT2D eigenvalue weighted by Gasteiger charge is -2.19. The molecular formula is C15H18N4OS. The van der Waals surface area contributed by atoms with Gasteiger partial charge in [-0.05, 0) is 25.8 Å². The van der Waals surface area contributed by atoms with Crippen LogP contribution in [0.2, 0.25) is 0 Å². The number of amides is 1. The summed E-state index contributed by atoms with van der Waals surface area (Å²) < 4.78 is 0. The van der Waals surface area contributed by atoms with E-state index in [9.17, 15) is 4.79 Å². The van der Waals surface area contributed by atoms with Crippen LogP contribution in [0.25, 0.3) is 10.8 Å². The Morgan fingerprint density at radius 3 is 2.48 bits per heavy atom. The molecular weight excluding hydrogens is 284 g/mol. The summed E-state index contributed by atoms with van der Waals surface area (Å²) >= 11 is 1.39. The van der Waals surface area contributed by atoms with Crippen LogP contribution in [0, 0.1) is 6.92 Å². The van der Waals surface area contributed by atoms with Crippen LogP contribution in [0.3, 0.4) is 0 Å². The monoisotopic (exact) mass is 302 g/mol. The predicted octanol–water partition coefficient (Wildman–Crippen LogP) is 2.92. The third-order valence-electron chi connectivity index (χ3n) is 3.64. The molecule has 0 aliphatic carbocycles. The maximum Gasteiger partial charge on any atom is 0.265 e. The van der Waals surface area contributed by atoms with E-state index in [0.29, 0.717) is 10.8 Å². The van der Waals surface area contributed by atoms with Gasteiger partial charge in [-0.2, -0.15) is 0 Å². The number of nitrogens with zero attached hydrogens (tertiary/aromatic N) is 4. The van der Waals surface area contributed by atoms with E-state index in [4.69, 9.17) is 0 Å². The number of aryl methyl sites for hydroxylation is 1. The Labute approximate surface area is 128 Å². The molecule has 0 aromatic carbocycles. The Kier molecular flexibility index (Phi) is 4.24. The van der Waals surface area contributed by atoms with Gasteiger partial charge >= 0.3 is 0 Å². The van der Waals surface area contributed by atoms with Crippen molar-refractivity contribution in [2.24, 2.45) is 0 Å². The molecule has 0 radical (unpaired) electrons. The summed E-state index contributed by atoms with van der Waals surface area (Å²) in [7, 11) is 0. The molecule has 3 heterocycles. The first kappa shape index (κ1) is 14.1. The summed E-state index contributed by atoms with van der Waals surface area (Å²) in [5, 5.41) is 0.714. The van der Waals surface area contributed by atoms with Gasteiger partial charge in [0.2, 0.25) is 0 Å². The number of hydrogen-bond acceptors (Lipinski definition) is 5. The van der Waals surface area contributed by atoms with E-state index in [1.807, 2.05) is 11.8 Å². The predicted molar refractivity (Wildman–Crippen MR) is 82.2 cm³/mol. The molecule has 21 heavy (non-hydrogen) atoms. The number of rotatable bonds is 2. The van der Waals surface area contributed by atoms with Gasteiger partial charge in [-0.1, -0.05) is 12.8 Å². The van der Waals surface area contributed by atoms with Crippen molar-refractivity contribution in [1.29, 1.82) is 0 Å². The maximum absolute atomic E-state index is 12.7. The molecule has 1 fully saturated rings. The van der Waals surface area contributed by atoms with Gasteiger partial charge in [-0.25, -0.2) is 15.0 Å². The largest absolute Gasteiger partial charge is 0.338 e. The molecule has 0 bridgehead atoms. The van der Waals surface area contributed by atoms with Crippen LogP contribution in [0.4, 0.5) is 0 Å². The van der Waals surface area contributed by atoms with Crippen molar-refractivity contribution in [3.63, 3.8) is 0 Å². The molecule has 3 rings (SSSR count). The van der Waals surface area contributed by atoms with Crippen LogP contribution < -0.4 is 0 Å². The summed E-state index contributed by atoms with van der Waals surface area (Å²) in [6.45, 7) is 3.59. The summed E-state index contributed by atoms with van der Waals surface area (Å²) in [6, 6.07) is 1.77. The lowest BCUT2D eigenvalue weighted by molar-refractivity contribution is 0.0765. The SMILES string of the molecule is Cc1nc(-c2ncccn2)sc1C(=O)N1CCCCCC1. The number of hydrogen-bond donors (Lipinski definition) is 0. The Bertz CT molecular complexity index is 618. The lowest BCUT2D eigenvalue weighted by atomic mass is 10.2. The van der Waals surface area contributed by atoms with E-state index in [1.54, 1.807) is 18.5 Å². The van der Waals surface area contributed by atoms with Gasteiger partial charge in [0.1, 0.15) is 4.88 Å². The molecule has 5 nitrogen and oxygen atoms in total. The third kappa shape index (κ3) is 3.10. The summed E-state index contributed by atoms with van der Waals surface area (Å²) in [6.07, 6.45) is 8.00. The highest BCUT2D eigenvalue weighted by atomic mass is 32.1. The van der Waals surface area contributed by atoms with Crippen molar-refractivity contribution in [3.8, 4) is 10.8 Å². The molecule has 0 N–H and O–H groups in total. The summed E-state index contributed by atoms with van der Waals surface area (Å²) in [4.78, 5) is 28.2. The molecule has 6 heteroatoms. The van der Waals surface area contributed by atoms with Gasteiger partial charge in [0.05, 0.1) is 5.69 Å². The fourth-order valence-electron chi connectivity index (χ4n) is 2.52. The summed E-state index contributed by atoms with van der Waals surface area (Å²) in [5.74, 6) is 0.689. The van der Waals surface area contributed by atoms with Gasteiger partial charge in [-0.3, -0.25) is 4.79 Å².